The van der Waals surface area contributed by atoms with E-state index >= 15 is 0 Å². The zero-order valence-electron chi connectivity index (χ0n) is 16.4. The lowest BCUT2D eigenvalue weighted by Gasteiger charge is -2.25. The van der Waals surface area contributed by atoms with Crippen molar-refractivity contribution in [3.8, 4) is 17.3 Å². The minimum absolute atomic E-state index is 0.0670. The van der Waals surface area contributed by atoms with Gasteiger partial charge >= 0.3 is 0 Å². The number of fused-ring (bicyclic) bond motifs is 1. The quantitative estimate of drug-likeness (QED) is 0.470. The molecule has 0 fully saturated rings. The number of aromatic nitrogens is 4. The normalized spacial score (nSPS) is 11.4. The van der Waals surface area contributed by atoms with Gasteiger partial charge in [0.15, 0.2) is 11.6 Å². The molecular weight excluding hydrogens is 403 g/mol. The molecule has 0 aromatic carbocycles. The van der Waals surface area contributed by atoms with Crippen molar-refractivity contribution in [2.45, 2.75) is 19.3 Å². The number of anilines is 1. The number of nitriles is 1. The largest absolute Gasteiger partial charge is 0.367 e. The van der Waals surface area contributed by atoms with E-state index in [0.717, 1.165) is 5.69 Å². The van der Waals surface area contributed by atoms with Crippen LogP contribution in [-0.4, -0.2) is 26.5 Å². The molecule has 2 N–H and O–H groups in total. The van der Waals surface area contributed by atoms with Gasteiger partial charge in [0, 0.05) is 47.2 Å². The van der Waals surface area contributed by atoms with Crippen molar-refractivity contribution in [2.24, 2.45) is 0 Å². The first kappa shape index (κ1) is 19.8. The first-order chi connectivity index (χ1) is 14.4. The van der Waals surface area contributed by atoms with Crippen LogP contribution in [0.5, 0.6) is 0 Å². The molecule has 8 heteroatoms. The number of hydrogen-bond donors (Lipinski definition) is 2. The SMILES string of the molecule is CC(C)(CNc1nc(-c2c[nH]c3ncc(Cl)cc23)c(C#N)cc1F)c1ccccn1. The highest BCUT2D eigenvalue weighted by Crippen LogP contribution is 2.32. The van der Waals surface area contributed by atoms with Crippen molar-refractivity contribution in [3.63, 3.8) is 0 Å². The van der Waals surface area contributed by atoms with Gasteiger partial charge in [-0.1, -0.05) is 31.5 Å². The minimum Gasteiger partial charge on any atom is -0.367 e. The molecule has 30 heavy (non-hydrogen) atoms. The summed E-state index contributed by atoms with van der Waals surface area (Å²) in [6, 6.07) is 10.6. The molecule has 0 atom stereocenters. The molecule has 4 aromatic rings. The molecule has 4 rings (SSSR count). The molecule has 0 unspecified atom stereocenters. The van der Waals surface area contributed by atoms with Gasteiger partial charge in [0.1, 0.15) is 11.7 Å². The van der Waals surface area contributed by atoms with E-state index < -0.39 is 5.82 Å². The third-order valence-electron chi connectivity index (χ3n) is 4.91. The van der Waals surface area contributed by atoms with Crippen LogP contribution in [0.1, 0.15) is 25.1 Å². The Morgan fingerprint density at radius 3 is 2.83 bits per heavy atom. The summed E-state index contributed by atoms with van der Waals surface area (Å²) in [5.41, 5.74) is 2.24. The average Bonchev–Trinajstić information content (AvgIpc) is 3.16. The molecule has 0 radical (unpaired) electrons. The number of H-pyrrole nitrogens is 1. The molecule has 6 nitrogen and oxygen atoms in total. The standard InChI is InChI=1S/C22H18ClFN6/c1-22(2,18-5-3-4-6-26-18)12-29-21-17(24)7-13(9-25)19(30-21)16-11-28-20-15(16)8-14(23)10-27-20/h3-8,10-11H,12H2,1-2H3,(H,27,28)(H,29,30). The fourth-order valence-corrected chi connectivity index (χ4v) is 3.39. The highest BCUT2D eigenvalue weighted by Gasteiger charge is 2.23. The Balaban J connectivity index is 1.72. The molecule has 4 heterocycles. The molecule has 0 aliphatic heterocycles. The summed E-state index contributed by atoms with van der Waals surface area (Å²) in [5, 5.41) is 13.8. The Kier molecular flexibility index (Phi) is 5.10. The molecule has 0 amide bonds. The van der Waals surface area contributed by atoms with E-state index in [9.17, 15) is 9.65 Å². The van der Waals surface area contributed by atoms with Crippen molar-refractivity contribution in [2.75, 3.05) is 11.9 Å². The second-order valence-corrected chi connectivity index (χ2v) is 7.97. The second kappa shape index (κ2) is 7.73. The smallest absolute Gasteiger partial charge is 0.166 e. The first-order valence-electron chi connectivity index (χ1n) is 9.28. The molecule has 0 saturated carbocycles. The lowest BCUT2D eigenvalue weighted by molar-refractivity contribution is 0.534. The van der Waals surface area contributed by atoms with E-state index in [1.807, 2.05) is 38.1 Å². The summed E-state index contributed by atoms with van der Waals surface area (Å²) in [6.45, 7) is 4.43. The maximum absolute atomic E-state index is 14.7. The molecule has 4 aromatic heterocycles. The molecule has 0 aliphatic carbocycles. The predicted octanol–water partition coefficient (Wildman–Crippen LogP) is 5.07. The van der Waals surface area contributed by atoms with Crippen LogP contribution in [-0.2, 0) is 5.41 Å². The number of aromatic amines is 1. The van der Waals surface area contributed by atoms with Crippen molar-refractivity contribution in [1.82, 2.24) is 19.9 Å². The lowest BCUT2D eigenvalue weighted by atomic mass is 9.88. The number of nitrogens with one attached hydrogen (secondary N) is 2. The Hall–Kier alpha value is -3.50. The Labute approximate surface area is 177 Å². The summed E-state index contributed by atoms with van der Waals surface area (Å²) in [6.07, 6.45) is 4.95. The number of nitrogens with zero attached hydrogens (tertiary/aromatic N) is 4. The van der Waals surface area contributed by atoms with Crippen LogP contribution < -0.4 is 5.32 Å². The van der Waals surface area contributed by atoms with Crippen LogP contribution in [0.4, 0.5) is 10.2 Å². The van der Waals surface area contributed by atoms with Crippen LogP contribution in [0.2, 0.25) is 5.02 Å². The van der Waals surface area contributed by atoms with E-state index in [1.165, 1.54) is 12.3 Å². The maximum atomic E-state index is 14.7. The fraction of sp³-hybridized carbons (Fsp3) is 0.182. The van der Waals surface area contributed by atoms with Gasteiger partial charge in [-0.3, -0.25) is 4.98 Å². The Bertz CT molecular complexity index is 1260. The predicted molar refractivity (Wildman–Crippen MR) is 115 cm³/mol. The topological polar surface area (TPSA) is 90.3 Å². The van der Waals surface area contributed by atoms with Crippen LogP contribution in [0.25, 0.3) is 22.3 Å². The molecule has 150 valence electrons. The van der Waals surface area contributed by atoms with Crippen molar-refractivity contribution in [1.29, 1.82) is 5.26 Å². The van der Waals surface area contributed by atoms with Gasteiger partial charge in [-0.05, 0) is 24.3 Å². The van der Waals surface area contributed by atoms with E-state index in [0.29, 0.717) is 33.9 Å². The summed E-state index contributed by atoms with van der Waals surface area (Å²) < 4.78 is 14.7. The first-order valence-corrected chi connectivity index (χ1v) is 9.66. The maximum Gasteiger partial charge on any atom is 0.166 e. The molecule has 0 spiro atoms. The number of halogens is 2. The third kappa shape index (κ3) is 3.70. The van der Waals surface area contributed by atoms with Crippen molar-refractivity contribution < 1.29 is 4.39 Å². The Morgan fingerprint density at radius 1 is 1.27 bits per heavy atom. The monoisotopic (exact) mass is 420 g/mol. The van der Waals surface area contributed by atoms with Gasteiger partial charge in [-0.25, -0.2) is 14.4 Å². The summed E-state index contributed by atoms with van der Waals surface area (Å²) in [4.78, 5) is 16.1. The van der Waals surface area contributed by atoms with Gasteiger partial charge < -0.3 is 10.3 Å². The summed E-state index contributed by atoms with van der Waals surface area (Å²) in [7, 11) is 0. The molecule has 0 saturated heterocycles. The van der Waals surface area contributed by atoms with Crippen molar-refractivity contribution >= 4 is 28.5 Å². The van der Waals surface area contributed by atoms with Crippen LogP contribution >= 0.6 is 11.6 Å². The zero-order valence-corrected chi connectivity index (χ0v) is 17.1. The van der Waals surface area contributed by atoms with Gasteiger partial charge in [0.25, 0.3) is 0 Å². The number of rotatable bonds is 5. The van der Waals surface area contributed by atoms with E-state index in [1.54, 1.807) is 18.5 Å². The number of pyridine rings is 3. The lowest BCUT2D eigenvalue weighted by Crippen LogP contribution is -2.29. The molecule has 0 aliphatic rings. The highest BCUT2D eigenvalue weighted by molar-refractivity contribution is 6.31. The highest BCUT2D eigenvalue weighted by atomic mass is 35.5. The molecule has 0 bridgehead atoms. The van der Waals surface area contributed by atoms with Crippen LogP contribution in [0.15, 0.2) is 48.9 Å². The van der Waals surface area contributed by atoms with E-state index in [2.05, 4.69) is 25.3 Å². The van der Waals surface area contributed by atoms with Gasteiger partial charge in [0.05, 0.1) is 16.3 Å². The second-order valence-electron chi connectivity index (χ2n) is 7.53. The van der Waals surface area contributed by atoms with Gasteiger partial charge in [-0.15, -0.1) is 0 Å². The summed E-state index contributed by atoms with van der Waals surface area (Å²) >= 11 is 6.08. The number of hydrogen-bond acceptors (Lipinski definition) is 5. The third-order valence-corrected chi connectivity index (χ3v) is 5.11. The van der Waals surface area contributed by atoms with Crippen LogP contribution in [0.3, 0.4) is 0 Å². The zero-order chi connectivity index (χ0) is 21.3. The van der Waals surface area contributed by atoms with Crippen LogP contribution in [0, 0.1) is 17.1 Å². The Morgan fingerprint density at radius 2 is 2.10 bits per heavy atom. The van der Waals surface area contributed by atoms with Crippen molar-refractivity contribution in [3.05, 3.63) is 71.0 Å². The fourth-order valence-electron chi connectivity index (χ4n) is 3.24. The van der Waals surface area contributed by atoms with Gasteiger partial charge in [-0.2, -0.15) is 5.26 Å². The van der Waals surface area contributed by atoms with Gasteiger partial charge in [0.2, 0.25) is 0 Å². The average molecular weight is 421 g/mol. The van der Waals surface area contributed by atoms with E-state index in [4.69, 9.17) is 11.6 Å². The molecular formula is C22H18ClFN6. The van der Waals surface area contributed by atoms with E-state index in [-0.39, 0.29) is 16.8 Å². The summed E-state index contributed by atoms with van der Waals surface area (Å²) in [5.74, 6) is -0.527. The minimum atomic E-state index is -0.594.